The number of aryl methyl sites for hydroxylation is 1. The van der Waals surface area contributed by atoms with Crippen LogP contribution in [0.3, 0.4) is 0 Å². The van der Waals surface area contributed by atoms with Crippen molar-refractivity contribution in [3.05, 3.63) is 64.6 Å². The van der Waals surface area contributed by atoms with Gasteiger partial charge in [-0.2, -0.15) is 0 Å². The first-order chi connectivity index (χ1) is 14.2. The first-order valence-corrected chi connectivity index (χ1v) is 11.0. The second kappa shape index (κ2) is 8.68. The standard InChI is InChI=1S/C21H22N2O6S/c1-13-11-22-20(23-21(13)25)15-8-17(28-14(2)12-24)10-18(9-15)29-16-4-6-19(7-5-16)30(3,26)27/h4-11,14,24H,12H2,1-3H3,(H,22,23,25)/t14-/m0/s1. The van der Waals surface area contributed by atoms with E-state index in [1.54, 1.807) is 44.2 Å². The van der Waals surface area contributed by atoms with Crippen LogP contribution in [0.1, 0.15) is 12.5 Å². The lowest BCUT2D eigenvalue weighted by atomic mass is 10.1. The Hall–Kier alpha value is -3.17. The number of aromatic nitrogens is 2. The van der Waals surface area contributed by atoms with E-state index >= 15 is 0 Å². The van der Waals surface area contributed by atoms with Crippen LogP contribution in [0.15, 0.2) is 58.4 Å². The van der Waals surface area contributed by atoms with Crippen molar-refractivity contribution in [3.63, 3.8) is 0 Å². The van der Waals surface area contributed by atoms with Crippen LogP contribution < -0.4 is 15.0 Å². The Morgan fingerprint density at radius 2 is 1.77 bits per heavy atom. The predicted molar refractivity (Wildman–Crippen MR) is 112 cm³/mol. The molecule has 0 saturated carbocycles. The molecule has 3 aromatic rings. The van der Waals surface area contributed by atoms with Crippen LogP contribution in [-0.2, 0) is 9.84 Å². The number of aromatic amines is 1. The smallest absolute Gasteiger partial charge is 0.254 e. The molecular weight excluding hydrogens is 408 g/mol. The molecule has 0 saturated heterocycles. The van der Waals surface area contributed by atoms with Crippen LogP contribution >= 0.6 is 0 Å². The van der Waals surface area contributed by atoms with Gasteiger partial charge in [-0.15, -0.1) is 0 Å². The molecule has 2 N–H and O–H groups in total. The van der Waals surface area contributed by atoms with Gasteiger partial charge in [0.25, 0.3) is 5.56 Å². The molecule has 0 amide bonds. The molecule has 30 heavy (non-hydrogen) atoms. The highest BCUT2D eigenvalue weighted by Crippen LogP contribution is 2.32. The van der Waals surface area contributed by atoms with Crippen molar-refractivity contribution in [2.75, 3.05) is 12.9 Å². The van der Waals surface area contributed by atoms with Crippen LogP contribution in [0.25, 0.3) is 11.4 Å². The number of nitrogens with one attached hydrogen (secondary N) is 1. The van der Waals surface area contributed by atoms with Gasteiger partial charge in [-0.1, -0.05) is 0 Å². The van der Waals surface area contributed by atoms with E-state index in [1.807, 2.05) is 0 Å². The van der Waals surface area contributed by atoms with E-state index in [9.17, 15) is 18.3 Å². The highest BCUT2D eigenvalue weighted by molar-refractivity contribution is 7.90. The number of sulfone groups is 1. The van der Waals surface area contributed by atoms with Crippen molar-refractivity contribution in [2.45, 2.75) is 24.8 Å². The first kappa shape index (κ1) is 21.5. The fourth-order valence-electron chi connectivity index (χ4n) is 2.60. The molecule has 0 unspecified atom stereocenters. The monoisotopic (exact) mass is 430 g/mol. The number of hydrogen-bond acceptors (Lipinski definition) is 7. The van der Waals surface area contributed by atoms with E-state index in [0.717, 1.165) is 6.26 Å². The molecule has 0 spiro atoms. The Labute approximate surface area is 174 Å². The molecule has 2 aromatic carbocycles. The quantitative estimate of drug-likeness (QED) is 0.591. The Kier molecular flexibility index (Phi) is 6.23. The van der Waals surface area contributed by atoms with Crippen molar-refractivity contribution in [1.29, 1.82) is 0 Å². The second-order valence-electron chi connectivity index (χ2n) is 6.89. The molecule has 0 aliphatic carbocycles. The predicted octanol–water partition coefficient (Wildman–Crippen LogP) is 2.70. The molecule has 0 aliphatic heterocycles. The fourth-order valence-corrected chi connectivity index (χ4v) is 3.23. The summed E-state index contributed by atoms with van der Waals surface area (Å²) in [6.07, 6.45) is 2.16. The van der Waals surface area contributed by atoms with Crippen LogP contribution in [-0.4, -0.2) is 42.5 Å². The highest BCUT2D eigenvalue weighted by Gasteiger charge is 2.12. The van der Waals surface area contributed by atoms with Gasteiger partial charge in [-0.25, -0.2) is 13.4 Å². The van der Waals surface area contributed by atoms with E-state index < -0.39 is 15.9 Å². The van der Waals surface area contributed by atoms with Gasteiger partial charge in [-0.05, 0) is 50.2 Å². The molecular formula is C21H22N2O6S. The molecule has 1 aromatic heterocycles. The number of aliphatic hydroxyl groups is 1. The number of ether oxygens (including phenoxy) is 2. The van der Waals surface area contributed by atoms with Crippen LogP contribution in [0.2, 0.25) is 0 Å². The fraction of sp³-hybridized carbons (Fsp3) is 0.238. The minimum absolute atomic E-state index is 0.174. The summed E-state index contributed by atoms with van der Waals surface area (Å²) in [4.78, 5) is 19.1. The van der Waals surface area contributed by atoms with Gasteiger partial charge in [0.2, 0.25) is 0 Å². The first-order valence-electron chi connectivity index (χ1n) is 9.12. The average Bonchev–Trinajstić information content (AvgIpc) is 2.69. The number of aliphatic hydroxyl groups excluding tert-OH is 1. The van der Waals surface area contributed by atoms with Crippen molar-refractivity contribution < 1.29 is 23.0 Å². The molecule has 3 rings (SSSR count). The number of hydrogen-bond donors (Lipinski definition) is 2. The summed E-state index contributed by atoms with van der Waals surface area (Å²) in [7, 11) is -3.31. The summed E-state index contributed by atoms with van der Waals surface area (Å²) in [6.45, 7) is 3.20. The van der Waals surface area contributed by atoms with Gasteiger partial charge in [0, 0.05) is 29.6 Å². The summed E-state index contributed by atoms with van der Waals surface area (Å²) < 4.78 is 34.8. The lowest BCUT2D eigenvalue weighted by Gasteiger charge is -2.15. The average molecular weight is 430 g/mol. The van der Waals surface area contributed by atoms with Crippen LogP contribution in [0.5, 0.6) is 17.2 Å². The third-order valence-electron chi connectivity index (χ3n) is 4.21. The maximum Gasteiger partial charge on any atom is 0.254 e. The van der Waals surface area contributed by atoms with Gasteiger partial charge in [0.15, 0.2) is 9.84 Å². The third kappa shape index (κ3) is 5.25. The van der Waals surface area contributed by atoms with Gasteiger partial charge >= 0.3 is 0 Å². The van der Waals surface area contributed by atoms with E-state index in [4.69, 9.17) is 9.47 Å². The Bertz CT molecular complexity index is 1200. The van der Waals surface area contributed by atoms with Gasteiger partial charge in [-0.3, -0.25) is 4.79 Å². The molecule has 0 aliphatic rings. The number of nitrogens with zero attached hydrogens (tertiary/aromatic N) is 1. The zero-order valence-electron chi connectivity index (χ0n) is 16.7. The topological polar surface area (TPSA) is 119 Å². The summed E-state index contributed by atoms with van der Waals surface area (Å²) >= 11 is 0. The largest absolute Gasteiger partial charge is 0.488 e. The summed E-state index contributed by atoms with van der Waals surface area (Å²) in [5, 5.41) is 9.28. The van der Waals surface area contributed by atoms with E-state index in [1.165, 1.54) is 18.3 Å². The SMILES string of the molecule is Cc1cnc(-c2cc(Oc3ccc(S(C)(=O)=O)cc3)cc(O[C@@H](C)CO)c2)[nH]c1=O. The van der Waals surface area contributed by atoms with E-state index in [2.05, 4.69) is 9.97 Å². The molecule has 1 heterocycles. The van der Waals surface area contributed by atoms with E-state index in [0.29, 0.717) is 34.2 Å². The highest BCUT2D eigenvalue weighted by atomic mass is 32.2. The zero-order chi connectivity index (χ0) is 21.9. The van der Waals surface area contributed by atoms with Crippen molar-refractivity contribution >= 4 is 9.84 Å². The molecule has 0 radical (unpaired) electrons. The molecule has 1 atom stereocenters. The molecule has 0 fully saturated rings. The lowest BCUT2D eigenvalue weighted by molar-refractivity contribution is 0.129. The molecule has 9 heteroatoms. The van der Waals surface area contributed by atoms with Gasteiger partial charge < -0.3 is 19.6 Å². The second-order valence-corrected chi connectivity index (χ2v) is 8.91. The Balaban J connectivity index is 1.99. The maximum atomic E-state index is 12.0. The number of benzene rings is 2. The maximum absolute atomic E-state index is 12.0. The molecule has 8 nitrogen and oxygen atoms in total. The van der Waals surface area contributed by atoms with Gasteiger partial charge in [0.1, 0.15) is 29.2 Å². The summed E-state index contributed by atoms with van der Waals surface area (Å²) in [6, 6.07) is 11.0. The Morgan fingerprint density at radius 1 is 1.10 bits per heavy atom. The third-order valence-corrected chi connectivity index (χ3v) is 5.34. The normalized spacial score (nSPS) is 12.4. The van der Waals surface area contributed by atoms with Crippen LogP contribution in [0.4, 0.5) is 0 Å². The van der Waals surface area contributed by atoms with Crippen molar-refractivity contribution in [3.8, 4) is 28.6 Å². The lowest BCUT2D eigenvalue weighted by Crippen LogP contribution is -2.16. The van der Waals surface area contributed by atoms with E-state index in [-0.39, 0.29) is 17.1 Å². The summed E-state index contributed by atoms with van der Waals surface area (Å²) in [5.74, 6) is 1.57. The minimum atomic E-state index is -3.31. The number of rotatable bonds is 7. The molecule has 158 valence electrons. The number of H-pyrrole nitrogens is 1. The molecule has 0 bridgehead atoms. The van der Waals surface area contributed by atoms with Crippen molar-refractivity contribution in [2.24, 2.45) is 0 Å². The Morgan fingerprint density at radius 3 is 2.37 bits per heavy atom. The van der Waals surface area contributed by atoms with Crippen LogP contribution in [0, 0.1) is 6.92 Å². The van der Waals surface area contributed by atoms with Crippen molar-refractivity contribution in [1.82, 2.24) is 9.97 Å². The van der Waals surface area contributed by atoms with Gasteiger partial charge in [0.05, 0.1) is 11.5 Å². The minimum Gasteiger partial charge on any atom is -0.488 e. The summed E-state index contributed by atoms with van der Waals surface area (Å²) in [5.41, 5.74) is 0.786. The zero-order valence-corrected chi connectivity index (χ0v) is 17.6.